The number of amides is 1. The van der Waals surface area contributed by atoms with Crippen molar-refractivity contribution in [1.29, 1.82) is 0 Å². The molecule has 0 heterocycles. The summed E-state index contributed by atoms with van der Waals surface area (Å²) in [6, 6.07) is 7.17. The van der Waals surface area contributed by atoms with Gasteiger partial charge < -0.3 is 14.8 Å². The summed E-state index contributed by atoms with van der Waals surface area (Å²) in [5.41, 5.74) is 0.708. The first-order valence-electron chi connectivity index (χ1n) is 6.03. The van der Waals surface area contributed by atoms with Gasteiger partial charge in [0.05, 0.1) is 6.10 Å². The van der Waals surface area contributed by atoms with Crippen molar-refractivity contribution in [3.63, 3.8) is 0 Å². The Morgan fingerprint density at radius 1 is 1.17 bits per heavy atom. The van der Waals surface area contributed by atoms with Crippen LogP contribution in [0, 0.1) is 0 Å². The van der Waals surface area contributed by atoms with Crippen molar-refractivity contribution >= 4 is 17.4 Å². The van der Waals surface area contributed by atoms with Gasteiger partial charge in [0.2, 0.25) is 5.91 Å². The second kappa shape index (κ2) is 6.79. The Morgan fingerprint density at radius 3 is 2.28 bits per heavy atom. The van der Waals surface area contributed by atoms with Crippen LogP contribution in [0.3, 0.4) is 0 Å². The molecule has 1 N–H and O–H groups in total. The molecule has 0 aromatic heterocycles. The molecule has 0 spiro atoms. The monoisotopic (exact) mass is 249 g/mol. The van der Waals surface area contributed by atoms with Gasteiger partial charge in [-0.15, -0.1) is 0 Å². The number of anilines is 1. The number of hydrogen-bond acceptors (Lipinski definition) is 3. The summed E-state index contributed by atoms with van der Waals surface area (Å²) in [6.07, 6.45) is 0.626. The first-order chi connectivity index (χ1) is 8.47. The van der Waals surface area contributed by atoms with Gasteiger partial charge in [0.25, 0.3) is 0 Å². The van der Waals surface area contributed by atoms with Crippen LogP contribution in [0.25, 0.3) is 0 Å². The van der Waals surface area contributed by atoms with Crippen LogP contribution in [0.1, 0.15) is 33.6 Å². The first kappa shape index (κ1) is 14.2. The summed E-state index contributed by atoms with van der Waals surface area (Å²) in [7, 11) is 0. The molecule has 0 aliphatic carbocycles. The highest BCUT2D eigenvalue weighted by Crippen LogP contribution is 2.17. The average Bonchev–Trinajstić information content (AvgIpc) is 2.28. The molecule has 0 unspecified atom stereocenters. The largest absolute Gasteiger partial charge is 0.491 e. The fourth-order valence-corrected chi connectivity index (χ4v) is 1.40. The maximum Gasteiger partial charge on any atom is 0.224 e. The van der Waals surface area contributed by atoms with Crippen molar-refractivity contribution in [2.24, 2.45) is 0 Å². The van der Waals surface area contributed by atoms with Crippen LogP contribution in [0.15, 0.2) is 24.3 Å². The topological polar surface area (TPSA) is 55.4 Å². The van der Waals surface area contributed by atoms with E-state index in [-0.39, 0.29) is 30.6 Å². The van der Waals surface area contributed by atoms with E-state index in [4.69, 9.17) is 4.74 Å². The number of hydrogen-bond donors (Lipinski definition) is 1. The third-order valence-corrected chi connectivity index (χ3v) is 2.21. The second-order valence-corrected chi connectivity index (χ2v) is 4.44. The van der Waals surface area contributed by atoms with E-state index in [9.17, 15) is 9.59 Å². The molecular weight excluding hydrogens is 230 g/mol. The lowest BCUT2D eigenvalue weighted by molar-refractivity contribution is -0.121. The first-order valence-corrected chi connectivity index (χ1v) is 6.03. The smallest absolute Gasteiger partial charge is 0.224 e. The minimum atomic E-state index is -0.150. The highest BCUT2D eigenvalue weighted by molar-refractivity contribution is 5.93. The van der Waals surface area contributed by atoms with Crippen LogP contribution in [0.2, 0.25) is 0 Å². The molecule has 18 heavy (non-hydrogen) atoms. The second-order valence-electron chi connectivity index (χ2n) is 4.44. The molecule has 4 heteroatoms. The Hall–Kier alpha value is -1.84. The molecule has 1 aromatic rings. The van der Waals surface area contributed by atoms with Crippen molar-refractivity contribution in [2.45, 2.75) is 39.7 Å². The predicted octanol–water partition coefficient (Wildman–Crippen LogP) is 2.78. The summed E-state index contributed by atoms with van der Waals surface area (Å²) in [5, 5.41) is 2.73. The van der Waals surface area contributed by atoms with Crippen LogP contribution in [0.4, 0.5) is 5.69 Å². The van der Waals surface area contributed by atoms with E-state index in [1.807, 2.05) is 13.8 Å². The lowest BCUT2D eigenvalue weighted by Crippen LogP contribution is -2.12. The van der Waals surface area contributed by atoms with E-state index in [1.165, 1.54) is 6.92 Å². The number of nitrogens with one attached hydrogen (secondary N) is 1. The number of ether oxygens (including phenoxy) is 1. The number of Topliss-reactive ketones (excluding diaryl/α,β-unsaturated/α-hetero) is 1. The minimum Gasteiger partial charge on any atom is -0.491 e. The number of rotatable bonds is 6. The summed E-state index contributed by atoms with van der Waals surface area (Å²) < 4.78 is 5.50. The fraction of sp³-hybridized carbons (Fsp3) is 0.429. The van der Waals surface area contributed by atoms with Crippen molar-refractivity contribution in [3.8, 4) is 5.75 Å². The van der Waals surface area contributed by atoms with Crippen molar-refractivity contribution in [3.05, 3.63) is 24.3 Å². The lowest BCUT2D eigenvalue weighted by Gasteiger charge is -2.10. The Bertz CT molecular complexity index is 410. The highest BCUT2D eigenvalue weighted by atomic mass is 16.5. The standard InChI is InChI=1S/C14H19NO3/c1-10(2)18-13-7-5-12(6-8-13)15-14(17)9-4-11(3)16/h5-8,10H,4,9H2,1-3H3,(H,15,17). The molecule has 1 aromatic carbocycles. The van der Waals surface area contributed by atoms with Crippen LogP contribution in [-0.2, 0) is 9.59 Å². The maximum absolute atomic E-state index is 11.5. The Labute approximate surface area is 107 Å². The molecule has 0 fully saturated rings. The third kappa shape index (κ3) is 5.48. The summed E-state index contributed by atoms with van der Waals surface area (Å²) >= 11 is 0. The zero-order valence-corrected chi connectivity index (χ0v) is 11.0. The molecule has 4 nitrogen and oxygen atoms in total. The molecule has 0 bridgehead atoms. The minimum absolute atomic E-state index is 0.0193. The van der Waals surface area contributed by atoms with Crippen LogP contribution < -0.4 is 10.1 Å². The van der Waals surface area contributed by atoms with Crippen molar-refractivity contribution in [2.75, 3.05) is 5.32 Å². The van der Waals surface area contributed by atoms with E-state index in [2.05, 4.69) is 5.32 Å². The summed E-state index contributed by atoms with van der Waals surface area (Å²) in [6.45, 7) is 5.39. The Kier molecular flexibility index (Phi) is 5.36. The zero-order chi connectivity index (χ0) is 13.5. The van der Waals surface area contributed by atoms with Gasteiger partial charge in [-0.25, -0.2) is 0 Å². The molecule has 0 atom stereocenters. The van der Waals surface area contributed by atoms with Crippen molar-refractivity contribution < 1.29 is 14.3 Å². The molecular formula is C14H19NO3. The van der Waals surface area contributed by atoms with Crippen LogP contribution in [-0.4, -0.2) is 17.8 Å². The van der Waals surface area contributed by atoms with Crippen molar-refractivity contribution in [1.82, 2.24) is 0 Å². The quantitative estimate of drug-likeness (QED) is 0.843. The number of benzene rings is 1. The van der Waals surface area contributed by atoms with Gasteiger partial charge in [-0.3, -0.25) is 4.79 Å². The van der Waals surface area contributed by atoms with Gasteiger partial charge >= 0.3 is 0 Å². The zero-order valence-electron chi connectivity index (χ0n) is 11.0. The maximum atomic E-state index is 11.5. The molecule has 0 saturated heterocycles. The lowest BCUT2D eigenvalue weighted by atomic mass is 10.2. The van der Waals surface area contributed by atoms with E-state index in [0.717, 1.165) is 5.75 Å². The molecule has 1 rings (SSSR count). The number of carbonyl (C=O) groups excluding carboxylic acids is 2. The van der Waals surface area contributed by atoms with Gasteiger partial charge in [-0.2, -0.15) is 0 Å². The van der Waals surface area contributed by atoms with Gasteiger partial charge in [-0.1, -0.05) is 0 Å². The summed E-state index contributed by atoms with van der Waals surface area (Å²) in [5.74, 6) is 0.639. The fourth-order valence-electron chi connectivity index (χ4n) is 1.40. The third-order valence-electron chi connectivity index (χ3n) is 2.21. The van der Waals surface area contributed by atoms with Gasteiger partial charge in [0.1, 0.15) is 11.5 Å². The Morgan fingerprint density at radius 2 is 1.78 bits per heavy atom. The molecule has 0 aliphatic heterocycles. The molecule has 0 radical (unpaired) electrons. The number of carbonyl (C=O) groups is 2. The van der Waals surface area contributed by atoms with Crippen LogP contribution >= 0.6 is 0 Å². The van der Waals surface area contributed by atoms with Gasteiger partial charge in [0.15, 0.2) is 0 Å². The molecule has 1 amide bonds. The van der Waals surface area contributed by atoms with E-state index < -0.39 is 0 Å². The Balaban J connectivity index is 2.48. The molecule has 98 valence electrons. The van der Waals surface area contributed by atoms with Gasteiger partial charge in [0, 0.05) is 18.5 Å². The van der Waals surface area contributed by atoms with E-state index in [0.29, 0.717) is 5.69 Å². The van der Waals surface area contributed by atoms with Gasteiger partial charge in [-0.05, 0) is 45.0 Å². The molecule has 0 saturated carbocycles. The SMILES string of the molecule is CC(=O)CCC(=O)Nc1ccc(OC(C)C)cc1. The van der Waals surface area contributed by atoms with Crippen LogP contribution in [0.5, 0.6) is 5.75 Å². The summed E-state index contributed by atoms with van der Waals surface area (Å²) in [4.78, 5) is 22.2. The normalized spacial score (nSPS) is 10.2. The molecule has 0 aliphatic rings. The van der Waals surface area contributed by atoms with E-state index in [1.54, 1.807) is 24.3 Å². The average molecular weight is 249 g/mol. The predicted molar refractivity (Wildman–Crippen MR) is 70.8 cm³/mol. The van der Waals surface area contributed by atoms with E-state index >= 15 is 0 Å². The highest BCUT2D eigenvalue weighted by Gasteiger charge is 2.04. The number of ketones is 1.